The van der Waals surface area contributed by atoms with Crippen molar-refractivity contribution in [1.29, 1.82) is 0 Å². The van der Waals surface area contributed by atoms with Gasteiger partial charge in [0.25, 0.3) is 10.0 Å². The zero-order valence-electron chi connectivity index (χ0n) is 24.7. The maximum absolute atomic E-state index is 14.3. The largest absolute Gasteiger partial charge is 0.357 e. The molecule has 4 aromatic rings. The van der Waals surface area contributed by atoms with E-state index in [0.29, 0.717) is 11.3 Å². The monoisotopic (exact) mass is 601 g/mol. The fourth-order valence-electron chi connectivity index (χ4n) is 4.97. The van der Waals surface area contributed by atoms with Crippen LogP contribution < -0.4 is 9.62 Å². The Hall–Kier alpha value is -4.50. The molecule has 0 heterocycles. The maximum atomic E-state index is 14.3. The Morgan fingerprint density at radius 1 is 0.791 bits per heavy atom. The highest BCUT2D eigenvalue weighted by Crippen LogP contribution is 2.27. The van der Waals surface area contributed by atoms with E-state index in [4.69, 9.17) is 0 Å². The van der Waals surface area contributed by atoms with Crippen LogP contribution in [0.25, 0.3) is 0 Å². The first kappa shape index (κ1) is 31.4. The predicted octanol–water partition coefficient (Wildman–Crippen LogP) is 5.33. The van der Waals surface area contributed by atoms with Crippen LogP contribution in [0.1, 0.15) is 27.8 Å². The fraction of sp³-hybridized carbons (Fsp3) is 0.235. The first-order chi connectivity index (χ1) is 20.5. The number of halogens is 1. The molecule has 0 aromatic heterocycles. The smallest absolute Gasteiger partial charge is 0.264 e. The number of carbonyl (C=O) groups is 2. The van der Waals surface area contributed by atoms with E-state index < -0.39 is 40.2 Å². The van der Waals surface area contributed by atoms with Gasteiger partial charge >= 0.3 is 0 Å². The van der Waals surface area contributed by atoms with Crippen molar-refractivity contribution in [2.24, 2.45) is 0 Å². The summed E-state index contributed by atoms with van der Waals surface area (Å²) in [4.78, 5) is 29.0. The van der Waals surface area contributed by atoms with Crippen molar-refractivity contribution in [1.82, 2.24) is 10.2 Å². The number of amides is 2. The Labute approximate surface area is 253 Å². The topological polar surface area (TPSA) is 86.8 Å². The molecule has 0 fully saturated rings. The molecule has 4 rings (SSSR count). The van der Waals surface area contributed by atoms with E-state index in [0.717, 1.165) is 26.6 Å². The van der Waals surface area contributed by atoms with Crippen molar-refractivity contribution >= 4 is 27.5 Å². The van der Waals surface area contributed by atoms with E-state index in [1.54, 1.807) is 36.4 Å². The number of nitrogens with one attached hydrogen (secondary N) is 1. The van der Waals surface area contributed by atoms with Crippen LogP contribution in [0.15, 0.2) is 102 Å². The van der Waals surface area contributed by atoms with Gasteiger partial charge in [0.1, 0.15) is 18.4 Å². The van der Waals surface area contributed by atoms with Gasteiger partial charge in [0.2, 0.25) is 11.8 Å². The Morgan fingerprint density at radius 2 is 1.40 bits per heavy atom. The number of anilines is 1. The molecular weight excluding hydrogens is 565 g/mol. The number of nitrogens with zero attached hydrogens (tertiary/aromatic N) is 2. The number of sulfonamides is 1. The second-order valence-corrected chi connectivity index (χ2v) is 12.5. The highest BCUT2D eigenvalue weighted by atomic mass is 32.2. The number of hydrogen-bond acceptors (Lipinski definition) is 4. The minimum Gasteiger partial charge on any atom is -0.357 e. The number of aryl methyl sites for hydroxylation is 3. The Kier molecular flexibility index (Phi) is 9.98. The van der Waals surface area contributed by atoms with E-state index in [-0.39, 0.29) is 17.9 Å². The highest BCUT2D eigenvalue weighted by Gasteiger charge is 2.34. The van der Waals surface area contributed by atoms with E-state index >= 15 is 0 Å². The van der Waals surface area contributed by atoms with Gasteiger partial charge in [0.15, 0.2) is 0 Å². The Bertz CT molecular complexity index is 1660. The van der Waals surface area contributed by atoms with Crippen molar-refractivity contribution in [3.05, 3.63) is 131 Å². The van der Waals surface area contributed by atoms with Gasteiger partial charge in [0.05, 0.1) is 10.6 Å². The highest BCUT2D eigenvalue weighted by molar-refractivity contribution is 7.92. The summed E-state index contributed by atoms with van der Waals surface area (Å²) in [5.74, 6) is -1.42. The number of carbonyl (C=O) groups excluding carboxylic acids is 2. The van der Waals surface area contributed by atoms with E-state index in [1.807, 2.05) is 57.2 Å². The molecule has 43 heavy (non-hydrogen) atoms. The summed E-state index contributed by atoms with van der Waals surface area (Å²) < 4.78 is 43.0. The third-order valence-corrected chi connectivity index (χ3v) is 8.95. The lowest BCUT2D eigenvalue weighted by Gasteiger charge is -2.33. The standard InChI is InChI=1S/C34H36FN3O4S/c1-24-10-16-31(17-11-24)43(41,42)38(30-19-25(2)18-26(3)20-30)23-33(39)37(22-28-12-14-29(35)15-13-28)32(34(40)36-4)21-27-8-6-5-7-9-27/h5-20,32H,21-23H2,1-4H3,(H,36,40)/t32-/m0/s1. The lowest BCUT2D eigenvalue weighted by molar-refractivity contribution is -0.139. The molecule has 0 bridgehead atoms. The van der Waals surface area contributed by atoms with E-state index in [2.05, 4.69) is 5.32 Å². The lowest BCUT2D eigenvalue weighted by Crippen LogP contribution is -2.53. The average molecular weight is 602 g/mol. The zero-order valence-corrected chi connectivity index (χ0v) is 25.6. The first-order valence-electron chi connectivity index (χ1n) is 13.9. The maximum Gasteiger partial charge on any atom is 0.264 e. The minimum absolute atomic E-state index is 0.0324. The Balaban J connectivity index is 1.80. The molecule has 0 saturated carbocycles. The second-order valence-electron chi connectivity index (χ2n) is 10.6. The van der Waals surface area contributed by atoms with Crippen molar-refractivity contribution in [3.63, 3.8) is 0 Å². The van der Waals surface area contributed by atoms with Crippen LogP contribution in [0.2, 0.25) is 0 Å². The number of rotatable bonds is 11. The van der Waals surface area contributed by atoms with Crippen molar-refractivity contribution in [3.8, 4) is 0 Å². The number of likely N-dealkylation sites (N-methyl/N-ethyl adjacent to an activating group) is 1. The molecule has 0 saturated heterocycles. The molecule has 1 atom stereocenters. The number of hydrogen-bond donors (Lipinski definition) is 1. The van der Waals surface area contributed by atoms with Crippen LogP contribution in [0, 0.1) is 26.6 Å². The predicted molar refractivity (Wildman–Crippen MR) is 167 cm³/mol. The van der Waals surface area contributed by atoms with Crippen LogP contribution in [0.4, 0.5) is 10.1 Å². The van der Waals surface area contributed by atoms with E-state index in [1.165, 1.54) is 36.2 Å². The fourth-order valence-corrected chi connectivity index (χ4v) is 6.37. The minimum atomic E-state index is -4.19. The zero-order chi connectivity index (χ0) is 31.1. The summed E-state index contributed by atoms with van der Waals surface area (Å²) in [5, 5.41) is 2.65. The molecule has 9 heteroatoms. The third kappa shape index (κ3) is 7.87. The molecule has 0 aliphatic rings. The summed E-state index contributed by atoms with van der Waals surface area (Å²) in [5.41, 5.74) is 4.33. The summed E-state index contributed by atoms with van der Waals surface area (Å²) in [7, 11) is -2.70. The quantitative estimate of drug-likeness (QED) is 0.252. The average Bonchev–Trinajstić information content (AvgIpc) is 2.98. The third-order valence-electron chi connectivity index (χ3n) is 7.17. The van der Waals surface area contributed by atoms with Crippen LogP contribution in [-0.4, -0.2) is 44.8 Å². The molecule has 0 unspecified atom stereocenters. The Morgan fingerprint density at radius 3 is 1.98 bits per heavy atom. The van der Waals surface area contributed by atoms with Crippen molar-refractivity contribution < 1.29 is 22.4 Å². The molecule has 0 spiro atoms. The van der Waals surface area contributed by atoms with Crippen LogP contribution >= 0.6 is 0 Å². The van der Waals surface area contributed by atoms with Gasteiger partial charge in [-0.15, -0.1) is 0 Å². The molecule has 0 aliphatic carbocycles. The van der Waals surface area contributed by atoms with Crippen LogP contribution in [0.3, 0.4) is 0 Å². The first-order valence-corrected chi connectivity index (χ1v) is 15.4. The molecular formula is C34H36FN3O4S. The summed E-state index contributed by atoms with van der Waals surface area (Å²) in [6.07, 6.45) is 0.196. The van der Waals surface area contributed by atoms with Gasteiger partial charge in [-0.3, -0.25) is 13.9 Å². The molecule has 0 radical (unpaired) electrons. The normalized spacial score (nSPS) is 11.9. The summed E-state index contributed by atoms with van der Waals surface area (Å²) in [6, 6.07) is 25.8. The van der Waals surface area contributed by atoms with Gasteiger partial charge in [-0.1, -0.05) is 66.2 Å². The van der Waals surface area contributed by atoms with Gasteiger partial charge in [-0.05, 0) is 79.4 Å². The molecule has 7 nitrogen and oxygen atoms in total. The van der Waals surface area contributed by atoms with E-state index in [9.17, 15) is 22.4 Å². The van der Waals surface area contributed by atoms with Crippen LogP contribution in [-0.2, 0) is 32.6 Å². The van der Waals surface area contributed by atoms with Gasteiger partial charge in [0, 0.05) is 20.0 Å². The SMILES string of the molecule is CNC(=O)[C@H](Cc1ccccc1)N(Cc1ccc(F)cc1)C(=O)CN(c1cc(C)cc(C)c1)S(=O)(=O)c1ccc(C)cc1. The van der Waals surface area contributed by atoms with Crippen LogP contribution in [0.5, 0.6) is 0 Å². The lowest BCUT2D eigenvalue weighted by atomic mass is 10.0. The molecule has 224 valence electrons. The second kappa shape index (κ2) is 13.6. The van der Waals surface area contributed by atoms with Crippen molar-refractivity contribution in [2.75, 3.05) is 17.9 Å². The summed E-state index contributed by atoms with van der Waals surface area (Å²) >= 11 is 0. The molecule has 0 aliphatic heterocycles. The van der Waals surface area contributed by atoms with Gasteiger partial charge in [-0.25, -0.2) is 12.8 Å². The number of benzene rings is 4. The molecule has 2 amide bonds. The van der Waals surface area contributed by atoms with Crippen molar-refractivity contribution in [2.45, 2.75) is 44.7 Å². The summed E-state index contributed by atoms with van der Waals surface area (Å²) in [6.45, 7) is 4.99. The van der Waals surface area contributed by atoms with Gasteiger partial charge in [-0.2, -0.15) is 0 Å². The van der Waals surface area contributed by atoms with Gasteiger partial charge < -0.3 is 10.2 Å². The molecule has 1 N–H and O–H groups in total. The molecule has 4 aromatic carbocycles.